The first-order valence-electron chi connectivity index (χ1n) is 6.38. The summed E-state index contributed by atoms with van der Waals surface area (Å²) in [6.45, 7) is 5.18. The molecule has 2 heterocycles. The average Bonchev–Trinajstić information content (AvgIpc) is 2.77. The lowest BCUT2D eigenvalue weighted by Crippen LogP contribution is -2.17. The Balaban J connectivity index is 2.11. The van der Waals surface area contributed by atoms with E-state index in [9.17, 15) is 0 Å². The number of aromatic nitrogens is 3. The van der Waals surface area contributed by atoms with Crippen LogP contribution in [-0.4, -0.2) is 14.5 Å². The molecule has 0 radical (unpaired) electrons. The molecule has 2 aromatic rings. The molecule has 0 spiro atoms. The number of rotatable bonds is 5. The van der Waals surface area contributed by atoms with Crippen LogP contribution in [0.1, 0.15) is 36.3 Å². The van der Waals surface area contributed by atoms with Crippen LogP contribution in [0, 0.1) is 6.92 Å². The molecule has 0 amide bonds. The van der Waals surface area contributed by atoms with Crippen LogP contribution in [-0.2, 0) is 13.0 Å². The van der Waals surface area contributed by atoms with Crippen molar-refractivity contribution in [3.05, 3.63) is 47.8 Å². The molecule has 4 heteroatoms. The molecule has 0 saturated heterocycles. The Morgan fingerprint density at radius 3 is 2.94 bits per heavy atom. The van der Waals surface area contributed by atoms with Crippen LogP contribution in [0.5, 0.6) is 0 Å². The number of pyridine rings is 1. The fraction of sp³-hybridized carbons (Fsp3) is 0.429. The molecule has 2 rings (SSSR count). The van der Waals surface area contributed by atoms with Crippen LogP contribution in [0.3, 0.4) is 0 Å². The standard InChI is InChI=1S/C14H20N4/c1-3-5-18-6-4-17-14(18)8-13(15)12-7-11(2)9-16-10-12/h4,6-7,9-10,13H,3,5,8,15H2,1-2H3. The molecular weight excluding hydrogens is 224 g/mol. The molecule has 0 bridgehead atoms. The lowest BCUT2D eigenvalue weighted by molar-refractivity contribution is 0.598. The van der Waals surface area contributed by atoms with Crippen molar-refractivity contribution in [2.24, 2.45) is 5.73 Å². The zero-order chi connectivity index (χ0) is 13.0. The van der Waals surface area contributed by atoms with Crippen LogP contribution >= 0.6 is 0 Å². The summed E-state index contributed by atoms with van der Waals surface area (Å²) in [5.41, 5.74) is 8.44. The topological polar surface area (TPSA) is 56.7 Å². The van der Waals surface area contributed by atoms with Gasteiger partial charge < -0.3 is 10.3 Å². The molecule has 0 aliphatic heterocycles. The summed E-state index contributed by atoms with van der Waals surface area (Å²) in [4.78, 5) is 8.57. The van der Waals surface area contributed by atoms with Crippen molar-refractivity contribution < 1.29 is 0 Å². The summed E-state index contributed by atoms with van der Waals surface area (Å²) >= 11 is 0. The summed E-state index contributed by atoms with van der Waals surface area (Å²) in [7, 11) is 0. The van der Waals surface area contributed by atoms with E-state index in [1.54, 1.807) is 0 Å². The molecule has 1 unspecified atom stereocenters. The van der Waals surface area contributed by atoms with E-state index in [0.717, 1.165) is 36.3 Å². The Labute approximate surface area is 108 Å². The molecule has 0 aliphatic carbocycles. The highest BCUT2D eigenvalue weighted by Gasteiger charge is 2.11. The largest absolute Gasteiger partial charge is 0.335 e. The summed E-state index contributed by atoms with van der Waals surface area (Å²) in [5.74, 6) is 1.05. The van der Waals surface area contributed by atoms with E-state index in [4.69, 9.17) is 5.73 Å². The molecule has 0 fully saturated rings. The van der Waals surface area contributed by atoms with Crippen LogP contribution in [0.2, 0.25) is 0 Å². The number of nitrogens with two attached hydrogens (primary N) is 1. The Hall–Kier alpha value is -1.68. The highest BCUT2D eigenvalue weighted by molar-refractivity contribution is 5.20. The van der Waals surface area contributed by atoms with Gasteiger partial charge in [-0.1, -0.05) is 13.0 Å². The summed E-state index contributed by atoms with van der Waals surface area (Å²) in [5, 5.41) is 0. The van der Waals surface area contributed by atoms with Crippen molar-refractivity contribution in [3.8, 4) is 0 Å². The number of hydrogen-bond donors (Lipinski definition) is 1. The fourth-order valence-corrected chi connectivity index (χ4v) is 2.07. The minimum atomic E-state index is -0.0459. The number of hydrogen-bond acceptors (Lipinski definition) is 3. The normalized spacial score (nSPS) is 12.6. The molecule has 1 atom stereocenters. The van der Waals surface area contributed by atoms with Crippen molar-refractivity contribution >= 4 is 0 Å². The molecule has 96 valence electrons. The van der Waals surface area contributed by atoms with Gasteiger partial charge in [-0.05, 0) is 24.5 Å². The van der Waals surface area contributed by atoms with Gasteiger partial charge in [0, 0.05) is 43.8 Å². The summed E-state index contributed by atoms with van der Waals surface area (Å²) in [6.07, 6.45) is 9.38. The van der Waals surface area contributed by atoms with Gasteiger partial charge in [-0.25, -0.2) is 4.98 Å². The van der Waals surface area contributed by atoms with E-state index in [1.807, 2.05) is 31.7 Å². The fourth-order valence-electron chi connectivity index (χ4n) is 2.07. The monoisotopic (exact) mass is 244 g/mol. The second-order valence-electron chi connectivity index (χ2n) is 4.64. The van der Waals surface area contributed by atoms with Gasteiger partial charge in [-0.3, -0.25) is 4.98 Å². The van der Waals surface area contributed by atoms with Gasteiger partial charge in [0.1, 0.15) is 5.82 Å². The van der Waals surface area contributed by atoms with Gasteiger partial charge in [0.2, 0.25) is 0 Å². The molecular formula is C14H20N4. The van der Waals surface area contributed by atoms with Crippen molar-refractivity contribution in [2.75, 3.05) is 0 Å². The van der Waals surface area contributed by atoms with Crippen molar-refractivity contribution in [1.82, 2.24) is 14.5 Å². The highest BCUT2D eigenvalue weighted by atomic mass is 15.1. The van der Waals surface area contributed by atoms with Gasteiger partial charge in [0.05, 0.1) is 0 Å². The SMILES string of the molecule is CCCn1ccnc1CC(N)c1cncc(C)c1. The predicted molar refractivity (Wildman–Crippen MR) is 72.1 cm³/mol. The molecule has 2 N–H and O–H groups in total. The third-order valence-electron chi connectivity index (χ3n) is 2.99. The number of aryl methyl sites for hydroxylation is 2. The third-order valence-corrected chi connectivity index (χ3v) is 2.99. The maximum absolute atomic E-state index is 6.23. The lowest BCUT2D eigenvalue weighted by atomic mass is 10.1. The van der Waals surface area contributed by atoms with Crippen molar-refractivity contribution in [2.45, 2.75) is 39.3 Å². The Morgan fingerprint density at radius 1 is 1.39 bits per heavy atom. The highest BCUT2D eigenvalue weighted by Crippen LogP contribution is 2.15. The minimum absolute atomic E-state index is 0.0459. The lowest BCUT2D eigenvalue weighted by Gasteiger charge is -2.13. The Morgan fingerprint density at radius 2 is 2.22 bits per heavy atom. The number of nitrogens with zero attached hydrogens (tertiary/aromatic N) is 3. The zero-order valence-electron chi connectivity index (χ0n) is 11.0. The molecule has 0 aliphatic rings. The smallest absolute Gasteiger partial charge is 0.110 e. The van der Waals surface area contributed by atoms with E-state index >= 15 is 0 Å². The van der Waals surface area contributed by atoms with E-state index < -0.39 is 0 Å². The first-order valence-corrected chi connectivity index (χ1v) is 6.38. The van der Waals surface area contributed by atoms with Crippen molar-refractivity contribution in [3.63, 3.8) is 0 Å². The second-order valence-corrected chi connectivity index (χ2v) is 4.64. The first kappa shape index (κ1) is 12.8. The van der Waals surface area contributed by atoms with Gasteiger partial charge in [0.15, 0.2) is 0 Å². The van der Waals surface area contributed by atoms with Crippen LogP contribution in [0.15, 0.2) is 30.9 Å². The summed E-state index contributed by atoms with van der Waals surface area (Å²) < 4.78 is 2.17. The second kappa shape index (κ2) is 5.78. The summed E-state index contributed by atoms with van der Waals surface area (Å²) in [6, 6.07) is 2.04. The van der Waals surface area contributed by atoms with E-state index in [2.05, 4.69) is 27.5 Å². The van der Waals surface area contributed by atoms with Crippen LogP contribution in [0.4, 0.5) is 0 Å². The average molecular weight is 244 g/mol. The van der Waals surface area contributed by atoms with Gasteiger partial charge in [-0.15, -0.1) is 0 Å². The van der Waals surface area contributed by atoms with Crippen LogP contribution in [0.25, 0.3) is 0 Å². The Bertz CT molecular complexity index is 504. The molecule has 18 heavy (non-hydrogen) atoms. The van der Waals surface area contributed by atoms with Gasteiger partial charge >= 0.3 is 0 Å². The maximum atomic E-state index is 6.23. The van der Waals surface area contributed by atoms with E-state index in [0.29, 0.717) is 0 Å². The number of imidazole rings is 1. The maximum Gasteiger partial charge on any atom is 0.110 e. The Kier molecular flexibility index (Phi) is 4.10. The minimum Gasteiger partial charge on any atom is -0.335 e. The van der Waals surface area contributed by atoms with Gasteiger partial charge in [0.25, 0.3) is 0 Å². The molecule has 0 saturated carbocycles. The van der Waals surface area contributed by atoms with Crippen LogP contribution < -0.4 is 5.73 Å². The zero-order valence-corrected chi connectivity index (χ0v) is 11.0. The predicted octanol–water partition coefficient (Wildman–Crippen LogP) is 2.24. The first-order chi connectivity index (χ1) is 8.70. The molecule has 4 nitrogen and oxygen atoms in total. The quantitative estimate of drug-likeness (QED) is 0.877. The van der Waals surface area contributed by atoms with Gasteiger partial charge in [-0.2, -0.15) is 0 Å². The van der Waals surface area contributed by atoms with Crippen molar-refractivity contribution in [1.29, 1.82) is 0 Å². The van der Waals surface area contributed by atoms with E-state index in [-0.39, 0.29) is 6.04 Å². The van der Waals surface area contributed by atoms with E-state index in [1.165, 1.54) is 0 Å². The molecule has 0 aromatic carbocycles. The third kappa shape index (κ3) is 2.96. The molecule has 2 aromatic heterocycles.